The van der Waals surface area contributed by atoms with Crippen molar-refractivity contribution in [2.24, 2.45) is 11.8 Å². The highest BCUT2D eigenvalue weighted by atomic mass is 19.4. The van der Waals surface area contributed by atoms with E-state index in [1.54, 1.807) is 6.92 Å². The van der Waals surface area contributed by atoms with E-state index in [9.17, 15) is 67.4 Å². The number of hydrogen-bond donors (Lipinski definition) is 1. The summed E-state index contributed by atoms with van der Waals surface area (Å²) in [5.41, 5.74) is -2.61. The molecule has 0 aliphatic carbocycles. The van der Waals surface area contributed by atoms with Crippen LogP contribution >= 0.6 is 0 Å². The van der Waals surface area contributed by atoms with Gasteiger partial charge in [0.15, 0.2) is 0 Å². The molecule has 1 unspecified atom stereocenters. The van der Waals surface area contributed by atoms with Crippen LogP contribution in [0.15, 0.2) is 24.3 Å². The minimum atomic E-state index is -7.72. The molecule has 0 fully saturated rings. The topological polar surface area (TPSA) is 72.8 Å². The van der Waals surface area contributed by atoms with Crippen molar-refractivity contribution in [3.8, 4) is 0 Å². The van der Waals surface area contributed by atoms with Crippen LogP contribution in [0.5, 0.6) is 0 Å². The molecule has 5 nitrogen and oxygen atoms in total. The van der Waals surface area contributed by atoms with E-state index in [1.165, 1.54) is 13.8 Å². The fraction of sp³-hybridized carbons (Fsp3) is 0.800. The average Bonchev–Trinajstić information content (AvgIpc) is 2.94. The largest absolute Gasteiger partial charge is 0.462 e. The lowest BCUT2D eigenvalue weighted by atomic mass is 9.87. The molecule has 0 radical (unpaired) electrons. The zero-order chi connectivity index (χ0) is 37.4. The van der Waals surface area contributed by atoms with E-state index in [4.69, 9.17) is 9.47 Å². The highest BCUT2D eigenvalue weighted by Crippen LogP contribution is 2.61. The van der Waals surface area contributed by atoms with E-state index in [1.807, 2.05) is 0 Å². The van der Waals surface area contributed by atoms with Gasteiger partial charge in [0.25, 0.3) is 0 Å². The van der Waals surface area contributed by atoms with E-state index in [2.05, 4.69) is 13.2 Å². The first-order valence-corrected chi connectivity index (χ1v) is 14.7. The molecule has 0 amide bonds. The van der Waals surface area contributed by atoms with Gasteiger partial charge in [-0.25, -0.2) is 9.59 Å². The number of carbonyl (C=O) groups is 2. The second-order valence-electron chi connectivity index (χ2n) is 12.2. The molecule has 0 heterocycles. The number of halogens is 12. The molecule has 47 heavy (non-hydrogen) atoms. The van der Waals surface area contributed by atoms with Crippen molar-refractivity contribution in [3.63, 3.8) is 0 Å². The number of aliphatic hydroxyl groups is 1. The third-order valence-corrected chi connectivity index (χ3v) is 7.41. The average molecular weight is 711 g/mol. The van der Waals surface area contributed by atoms with Gasteiger partial charge >= 0.3 is 47.5 Å². The van der Waals surface area contributed by atoms with Crippen LogP contribution in [-0.4, -0.2) is 71.4 Å². The maximum absolute atomic E-state index is 14.6. The van der Waals surface area contributed by atoms with Crippen molar-refractivity contribution in [2.75, 3.05) is 13.2 Å². The Labute approximate surface area is 265 Å². The Balaban J connectivity index is 6.16. The van der Waals surface area contributed by atoms with Gasteiger partial charge < -0.3 is 14.6 Å². The predicted octanol–water partition coefficient (Wildman–Crippen LogP) is 9.18. The summed E-state index contributed by atoms with van der Waals surface area (Å²) in [5.74, 6) is -46.8. The van der Waals surface area contributed by atoms with Gasteiger partial charge in [-0.1, -0.05) is 59.6 Å². The van der Waals surface area contributed by atoms with Gasteiger partial charge in [-0.05, 0) is 32.6 Å². The maximum Gasteiger partial charge on any atom is 0.384 e. The Morgan fingerprint density at radius 3 is 1.47 bits per heavy atom. The molecular formula is C30H42F12O5. The van der Waals surface area contributed by atoms with Crippen molar-refractivity contribution in [1.29, 1.82) is 0 Å². The maximum atomic E-state index is 14.6. The quantitative estimate of drug-likeness (QED) is 0.0525. The summed E-state index contributed by atoms with van der Waals surface area (Å²) < 4.78 is 182. The fourth-order valence-corrected chi connectivity index (χ4v) is 3.77. The molecule has 0 bridgehead atoms. The molecule has 1 N–H and O–H groups in total. The van der Waals surface area contributed by atoms with Crippen molar-refractivity contribution in [2.45, 2.75) is 127 Å². The zero-order valence-corrected chi connectivity index (χ0v) is 26.8. The zero-order valence-electron chi connectivity index (χ0n) is 26.8. The summed E-state index contributed by atoms with van der Waals surface area (Å²) in [7, 11) is 0. The van der Waals surface area contributed by atoms with Crippen molar-refractivity contribution >= 4 is 11.9 Å². The SMILES string of the molecule is C=C(C(=O)OCC(CCC(F)(F)C(F)(F)C(F)(F)C(F)(F)C(F)(F)C(F)(F)CCCCCCC)COC(=O)C(=C)C(C)(C)O)C(C)C. The highest BCUT2D eigenvalue weighted by Gasteiger charge is 2.89. The molecule has 17 heteroatoms. The van der Waals surface area contributed by atoms with Gasteiger partial charge in [0, 0.05) is 24.3 Å². The summed E-state index contributed by atoms with van der Waals surface area (Å²) in [6, 6.07) is 0. The number of ether oxygens (including phenoxy) is 2. The Morgan fingerprint density at radius 1 is 0.660 bits per heavy atom. The monoisotopic (exact) mass is 710 g/mol. The summed E-state index contributed by atoms with van der Waals surface area (Å²) in [5, 5.41) is 9.84. The van der Waals surface area contributed by atoms with Crippen LogP contribution in [0.2, 0.25) is 0 Å². The molecule has 0 aliphatic rings. The first-order valence-electron chi connectivity index (χ1n) is 14.7. The fourth-order valence-electron chi connectivity index (χ4n) is 3.77. The van der Waals surface area contributed by atoms with Crippen LogP contribution in [0.1, 0.15) is 86.0 Å². The Kier molecular flexibility index (Phi) is 15.4. The molecule has 0 aliphatic heterocycles. The smallest absolute Gasteiger partial charge is 0.384 e. The van der Waals surface area contributed by atoms with E-state index in [0.717, 1.165) is 13.8 Å². The molecular weight excluding hydrogens is 668 g/mol. The van der Waals surface area contributed by atoms with Crippen molar-refractivity contribution in [3.05, 3.63) is 24.3 Å². The normalized spacial score (nSPS) is 14.6. The minimum Gasteiger partial charge on any atom is -0.462 e. The summed E-state index contributed by atoms with van der Waals surface area (Å²) in [4.78, 5) is 24.2. The second kappa shape index (κ2) is 16.3. The first-order chi connectivity index (χ1) is 21.0. The lowest BCUT2D eigenvalue weighted by Crippen LogP contribution is -2.70. The minimum absolute atomic E-state index is 0.159. The molecule has 0 saturated carbocycles. The van der Waals surface area contributed by atoms with E-state index < -0.39 is 109 Å². The highest BCUT2D eigenvalue weighted by molar-refractivity contribution is 5.89. The van der Waals surface area contributed by atoms with E-state index in [0.29, 0.717) is 12.8 Å². The van der Waals surface area contributed by atoms with Crippen molar-refractivity contribution < 1.29 is 76.9 Å². The second-order valence-corrected chi connectivity index (χ2v) is 12.2. The van der Waals surface area contributed by atoms with Crippen molar-refractivity contribution in [1.82, 2.24) is 0 Å². The number of esters is 2. The van der Waals surface area contributed by atoms with Gasteiger partial charge in [-0.15, -0.1) is 0 Å². The molecule has 0 aromatic carbocycles. The number of hydrogen-bond acceptors (Lipinski definition) is 5. The van der Waals surface area contributed by atoms with Crippen LogP contribution < -0.4 is 0 Å². The lowest BCUT2D eigenvalue weighted by Gasteiger charge is -2.41. The molecule has 0 aromatic rings. The predicted molar refractivity (Wildman–Crippen MR) is 147 cm³/mol. The van der Waals surface area contributed by atoms with Crippen LogP contribution in [0.3, 0.4) is 0 Å². The lowest BCUT2D eigenvalue weighted by molar-refractivity contribution is -0.426. The molecule has 0 rings (SSSR count). The summed E-state index contributed by atoms with van der Waals surface area (Å²) >= 11 is 0. The van der Waals surface area contributed by atoms with Crippen LogP contribution in [-0.2, 0) is 19.1 Å². The summed E-state index contributed by atoms with van der Waals surface area (Å²) in [6.07, 6.45) is -5.94. The summed E-state index contributed by atoms with van der Waals surface area (Å²) in [6.45, 7) is 11.4. The third-order valence-electron chi connectivity index (χ3n) is 7.41. The van der Waals surface area contributed by atoms with Crippen LogP contribution in [0, 0.1) is 11.8 Å². The molecule has 0 aromatic heterocycles. The Hall–Kier alpha value is -2.46. The first kappa shape index (κ1) is 44.5. The molecule has 276 valence electrons. The third kappa shape index (κ3) is 10.5. The number of rotatable bonds is 22. The Bertz CT molecular complexity index is 1080. The van der Waals surface area contributed by atoms with Gasteiger partial charge in [0.2, 0.25) is 0 Å². The van der Waals surface area contributed by atoms with E-state index in [-0.39, 0.29) is 18.4 Å². The van der Waals surface area contributed by atoms with Gasteiger partial charge in [0.1, 0.15) is 0 Å². The van der Waals surface area contributed by atoms with Gasteiger partial charge in [-0.2, -0.15) is 52.7 Å². The number of alkyl halides is 12. The number of carbonyl (C=O) groups excluding carboxylic acids is 2. The number of unbranched alkanes of at least 4 members (excludes halogenated alkanes) is 4. The van der Waals surface area contributed by atoms with Crippen LogP contribution in [0.25, 0.3) is 0 Å². The Morgan fingerprint density at radius 2 is 1.06 bits per heavy atom. The molecule has 0 saturated heterocycles. The molecule has 1 atom stereocenters. The van der Waals surface area contributed by atoms with Gasteiger partial charge in [0.05, 0.1) is 24.4 Å². The standard InChI is InChI=1S/C30H42F12O5/c1-8-9-10-11-12-14-25(31,32)27(35,36)29(39,40)30(41,42)28(37,38)26(33,34)15-13-21(16-46-22(43)19(4)18(2)3)17-47-23(44)20(5)24(6,7)45/h18,21,45H,4-5,8-17H2,1-3,6-7H3. The van der Waals surface area contributed by atoms with E-state index >= 15 is 0 Å². The van der Waals surface area contributed by atoms with Gasteiger partial charge in [-0.3, -0.25) is 0 Å². The molecule has 0 spiro atoms. The van der Waals surface area contributed by atoms with Crippen LogP contribution in [0.4, 0.5) is 52.7 Å².